The van der Waals surface area contributed by atoms with Crippen LogP contribution in [0.25, 0.3) is 0 Å². The highest BCUT2D eigenvalue weighted by atomic mass is 79.9. The van der Waals surface area contributed by atoms with E-state index in [4.69, 9.17) is 10.8 Å². The predicted molar refractivity (Wildman–Crippen MR) is 60.8 cm³/mol. The summed E-state index contributed by atoms with van der Waals surface area (Å²) in [7, 11) is 0. The van der Waals surface area contributed by atoms with E-state index in [2.05, 4.69) is 21.2 Å². The molecule has 0 saturated carbocycles. The Hall–Kier alpha value is -1.34. The first-order chi connectivity index (χ1) is 7.06. The molecule has 0 aromatic heterocycles. The average Bonchev–Trinajstić information content (AvgIpc) is 2.19. The summed E-state index contributed by atoms with van der Waals surface area (Å²) >= 11 is 3.13. The van der Waals surface area contributed by atoms with Crippen molar-refractivity contribution < 1.29 is 10.0 Å². The molecule has 4 N–H and O–H groups in total. The number of anilines is 2. The Bertz CT molecular complexity index is 384. The Morgan fingerprint density at radius 2 is 2.27 bits per heavy atom. The molecule has 0 bridgehead atoms. The van der Waals surface area contributed by atoms with Gasteiger partial charge in [0, 0.05) is 23.2 Å². The van der Waals surface area contributed by atoms with Crippen LogP contribution in [-0.2, 0) is 0 Å². The predicted octanol–water partition coefficient (Wildman–Crippen LogP) is 1.34. The number of halogens is 1. The van der Waals surface area contributed by atoms with Crippen LogP contribution in [0.15, 0.2) is 16.6 Å². The summed E-state index contributed by atoms with van der Waals surface area (Å²) in [5.41, 5.74) is 6.44. The number of nitro groups is 1. The summed E-state index contributed by atoms with van der Waals surface area (Å²) < 4.78 is 0.456. The zero-order chi connectivity index (χ0) is 11.4. The van der Waals surface area contributed by atoms with E-state index < -0.39 is 4.92 Å². The number of nitrogens with zero attached hydrogens (tertiary/aromatic N) is 1. The van der Waals surface area contributed by atoms with Crippen molar-refractivity contribution in [1.29, 1.82) is 0 Å². The lowest BCUT2D eigenvalue weighted by Crippen LogP contribution is -2.08. The first kappa shape index (κ1) is 11.7. The number of rotatable bonds is 4. The zero-order valence-corrected chi connectivity index (χ0v) is 9.32. The molecule has 0 spiro atoms. The van der Waals surface area contributed by atoms with Gasteiger partial charge in [0.25, 0.3) is 5.69 Å². The van der Waals surface area contributed by atoms with Crippen molar-refractivity contribution in [3.8, 4) is 0 Å². The van der Waals surface area contributed by atoms with Gasteiger partial charge in [0.1, 0.15) is 0 Å². The minimum Gasteiger partial charge on any atom is -0.396 e. The van der Waals surface area contributed by atoms with Gasteiger partial charge in [0.15, 0.2) is 0 Å². The number of aliphatic hydroxyl groups is 1. The highest BCUT2D eigenvalue weighted by Crippen LogP contribution is 2.32. The molecule has 1 aromatic carbocycles. The molecule has 0 heterocycles. The van der Waals surface area contributed by atoms with Gasteiger partial charge in [-0.05, 0) is 15.9 Å². The lowest BCUT2D eigenvalue weighted by atomic mass is 10.2. The molecule has 0 aliphatic heterocycles. The van der Waals surface area contributed by atoms with Crippen LogP contribution in [0.3, 0.4) is 0 Å². The smallest absolute Gasteiger partial charge is 0.272 e. The number of hydrogen-bond donors (Lipinski definition) is 3. The highest BCUT2D eigenvalue weighted by molar-refractivity contribution is 9.10. The largest absolute Gasteiger partial charge is 0.396 e. The van der Waals surface area contributed by atoms with E-state index in [9.17, 15) is 10.1 Å². The molecule has 0 saturated heterocycles. The van der Waals surface area contributed by atoms with E-state index in [0.717, 1.165) is 0 Å². The highest BCUT2D eigenvalue weighted by Gasteiger charge is 2.12. The fourth-order valence-electron chi connectivity index (χ4n) is 1.05. The minimum atomic E-state index is -0.506. The van der Waals surface area contributed by atoms with Crippen molar-refractivity contribution in [1.82, 2.24) is 0 Å². The molecule has 0 atom stereocenters. The number of hydrogen-bond acceptors (Lipinski definition) is 5. The van der Waals surface area contributed by atoms with Gasteiger partial charge in [-0.15, -0.1) is 0 Å². The Balaban J connectivity index is 3.07. The first-order valence-corrected chi connectivity index (χ1v) is 4.93. The van der Waals surface area contributed by atoms with Crippen molar-refractivity contribution in [2.45, 2.75) is 0 Å². The van der Waals surface area contributed by atoms with Crippen LogP contribution < -0.4 is 11.1 Å². The van der Waals surface area contributed by atoms with Crippen molar-refractivity contribution in [2.24, 2.45) is 0 Å². The Labute approximate surface area is 94.4 Å². The molecule has 15 heavy (non-hydrogen) atoms. The number of nitrogens with two attached hydrogens (primary N) is 1. The van der Waals surface area contributed by atoms with Crippen LogP contribution in [0, 0.1) is 10.1 Å². The summed E-state index contributed by atoms with van der Waals surface area (Å²) in [4.78, 5) is 10.1. The van der Waals surface area contributed by atoms with Crippen LogP contribution in [-0.4, -0.2) is 23.2 Å². The second-order valence-electron chi connectivity index (χ2n) is 2.80. The van der Waals surface area contributed by atoms with Gasteiger partial charge in [-0.1, -0.05) is 0 Å². The number of nitrogens with one attached hydrogen (secondary N) is 1. The van der Waals surface area contributed by atoms with Crippen LogP contribution in [0.5, 0.6) is 0 Å². The van der Waals surface area contributed by atoms with Gasteiger partial charge in [-0.3, -0.25) is 10.1 Å². The number of nitro benzene ring substituents is 1. The van der Waals surface area contributed by atoms with Gasteiger partial charge in [0.2, 0.25) is 0 Å². The summed E-state index contributed by atoms with van der Waals surface area (Å²) in [5.74, 6) is 0. The molecule has 0 fully saturated rings. The van der Waals surface area contributed by atoms with E-state index in [1.807, 2.05) is 0 Å². The quantitative estimate of drug-likeness (QED) is 0.437. The van der Waals surface area contributed by atoms with E-state index >= 15 is 0 Å². The first-order valence-electron chi connectivity index (χ1n) is 4.14. The third kappa shape index (κ3) is 2.80. The van der Waals surface area contributed by atoms with E-state index in [1.54, 1.807) is 0 Å². The van der Waals surface area contributed by atoms with Crippen LogP contribution in [0.4, 0.5) is 17.1 Å². The molecule has 7 heteroatoms. The lowest BCUT2D eigenvalue weighted by molar-refractivity contribution is -0.384. The molecule has 82 valence electrons. The van der Waals surface area contributed by atoms with Crippen LogP contribution in [0.2, 0.25) is 0 Å². The Morgan fingerprint density at radius 1 is 1.60 bits per heavy atom. The number of non-ortho nitro benzene ring substituents is 1. The maximum Gasteiger partial charge on any atom is 0.272 e. The van der Waals surface area contributed by atoms with Crippen molar-refractivity contribution in [3.63, 3.8) is 0 Å². The fraction of sp³-hybridized carbons (Fsp3) is 0.250. The van der Waals surface area contributed by atoms with Crippen molar-refractivity contribution in [2.75, 3.05) is 24.2 Å². The maximum absolute atomic E-state index is 10.6. The molecular weight excluding hydrogens is 266 g/mol. The topological polar surface area (TPSA) is 101 Å². The molecule has 0 unspecified atom stereocenters. The van der Waals surface area contributed by atoms with Crippen LogP contribution >= 0.6 is 15.9 Å². The second-order valence-corrected chi connectivity index (χ2v) is 3.65. The monoisotopic (exact) mass is 275 g/mol. The molecule has 0 amide bonds. The molecule has 6 nitrogen and oxygen atoms in total. The second kappa shape index (κ2) is 4.94. The molecule has 0 radical (unpaired) electrons. The van der Waals surface area contributed by atoms with Crippen molar-refractivity contribution >= 4 is 33.0 Å². The minimum absolute atomic E-state index is 0.0588. The Kier molecular flexibility index (Phi) is 3.87. The van der Waals surface area contributed by atoms with Gasteiger partial charge in [0.05, 0.1) is 22.9 Å². The Morgan fingerprint density at radius 3 is 2.80 bits per heavy atom. The van der Waals surface area contributed by atoms with Gasteiger partial charge in [-0.25, -0.2) is 0 Å². The third-order valence-corrected chi connectivity index (χ3v) is 2.41. The average molecular weight is 276 g/mol. The van der Waals surface area contributed by atoms with Gasteiger partial charge in [-0.2, -0.15) is 0 Å². The van der Waals surface area contributed by atoms with Crippen LogP contribution in [0.1, 0.15) is 0 Å². The van der Waals surface area contributed by atoms with Gasteiger partial charge < -0.3 is 16.2 Å². The third-order valence-electron chi connectivity index (χ3n) is 1.75. The molecule has 1 aromatic rings. The normalized spacial score (nSPS) is 10.0. The number of aliphatic hydroxyl groups excluding tert-OH is 1. The van der Waals surface area contributed by atoms with E-state index in [0.29, 0.717) is 15.8 Å². The molecule has 0 aliphatic carbocycles. The zero-order valence-electron chi connectivity index (χ0n) is 7.74. The summed E-state index contributed by atoms with van der Waals surface area (Å²) in [6.45, 7) is 0.220. The molecular formula is C8H10BrN3O3. The number of nitrogen functional groups attached to an aromatic ring is 1. The summed E-state index contributed by atoms with van der Waals surface area (Å²) in [6.07, 6.45) is 0. The lowest BCUT2D eigenvalue weighted by Gasteiger charge is -2.09. The summed E-state index contributed by atoms with van der Waals surface area (Å²) in [6, 6.07) is 2.66. The van der Waals surface area contributed by atoms with Crippen molar-refractivity contribution in [3.05, 3.63) is 26.7 Å². The SMILES string of the molecule is Nc1c(Br)cc([N+](=O)[O-])cc1NCCO. The molecule has 0 aliphatic rings. The summed E-state index contributed by atoms with van der Waals surface area (Å²) in [5, 5.41) is 22.0. The fourth-order valence-corrected chi connectivity index (χ4v) is 1.49. The van der Waals surface area contributed by atoms with E-state index in [1.165, 1.54) is 12.1 Å². The van der Waals surface area contributed by atoms with Gasteiger partial charge >= 0.3 is 0 Å². The standard InChI is InChI=1S/C8H10BrN3O3/c9-6-3-5(12(14)15)4-7(8(6)10)11-1-2-13/h3-4,11,13H,1-2,10H2. The van der Waals surface area contributed by atoms with E-state index in [-0.39, 0.29) is 18.8 Å². The number of benzene rings is 1. The molecule has 1 rings (SSSR count). The maximum atomic E-state index is 10.6.